The quantitative estimate of drug-likeness (QED) is 0.233. The van der Waals surface area contributed by atoms with Crippen molar-refractivity contribution in [3.8, 4) is 11.7 Å². The van der Waals surface area contributed by atoms with Gasteiger partial charge < -0.3 is 19.7 Å². The number of thiazole rings is 1. The van der Waals surface area contributed by atoms with E-state index in [2.05, 4.69) is 21.9 Å². The first-order valence-corrected chi connectivity index (χ1v) is 15.3. The van der Waals surface area contributed by atoms with E-state index in [9.17, 15) is 9.59 Å². The number of allylic oxidation sites excluding steroid dienone is 1. The van der Waals surface area contributed by atoms with Crippen LogP contribution < -0.4 is 15.6 Å². The van der Waals surface area contributed by atoms with Gasteiger partial charge in [0.25, 0.3) is 5.56 Å². The zero-order valence-electron chi connectivity index (χ0n) is 25.1. The predicted octanol–water partition coefficient (Wildman–Crippen LogP) is 5.60. The van der Waals surface area contributed by atoms with Crippen LogP contribution in [0.4, 0.5) is 16.4 Å². The molecule has 13 heteroatoms. The third-order valence-electron chi connectivity index (χ3n) is 7.04. The van der Waals surface area contributed by atoms with Gasteiger partial charge in [-0.3, -0.25) is 4.79 Å². The number of nitrogens with zero attached hydrogens (tertiary/aromatic N) is 7. The van der Waals surface area contributed by atoms with Gasteiger partial charge in [0.15, 0.2) is 11.5 Å². The number of piperidine rings is 1. The molecule has 0 aliphatic carbocycles. The van der Waals surface area contributed by atoms with Crippen LogP contribution in [-0.4, -0.2) is 65.1 Å². The van der Waals surface area contributed by atoms with Crippen LogP contribution in [0.15, 0.2) is 60.0 Å². The van der Waals surface area contributed by atoms with Crippen molar-refractivity contribution in [3.63, 3.8) is 0 Å². The van der Waals surface area contributed by atoms with Crippen molar-refractivity contribution in [1.29, 1.82) is 0 Å². The molecule has 5 heterocycles. The fourth-order valence-corrected chi connectivity index (χ4v) is 5.96. The monoisotopic (exact) mass is 614 g/mol. The molecule has 1 amide bonds. The van der Waals surface area contributed by atoms with Crippen molar-refractivity contribution in [1.82, 2.24) is 34.2 Å². The van der Waals surface area contributed by atoms with Crippen LogP contribution >= 0.6 is 11.3 Å². The molecule has 1 saturated heterocycles. The van der Waals surface area contributed by atoms with E-state index in [0.717, 1.165) is 20.9 Å². The highest BCUT2D eigenvalue weighted by Gasteiger charge is 2.28. The number of likely N-dealkylation sites (tertiary alicyclic amines) is 1. The summed E-state index contributed by atoms with van der Waals surface area (Å²) >= 11 is 1.61. The number of ether oxygens (including phenoxy) is 2. The summed E-state index contributed by atoms with van der Waals surface area (Å²) in [5, 5.41) is 4.60. The number of pyridine rings is 1. The number of nitrogens with one attached hydrogen (secondary N) is 1. The van der Waals surface area contributed by atoms with E-state index in [1.165, 1.54) is 10.9 Å². The summed E-state index contributed by atoms with van der Waals surface area (Å²) in [6.45, 7) is 12.7. The number of fused-ring (bicyclic) bond motifs is 2. The van der Waals surface area contributed by atoms with Gasteiger partial charge in [-0.25, -0.2) is 24.1 Å². The lowest BCUT2D eigenvalue weighted by atomic mass is 10.1. The van der Waals surface area contributed by atoms with Gasteiger partial charge in [0.2, 0.25) is 11.8 Å². The number of rotatable bonds is 7. The average molecular weight is 615 g/mol. The van der Waals surface area contributed by atoms with Crippen molar-refractivity contribution >= 4 is 50.3 Å². The minimum atomic E-state index is -0.541. The number of hydrogen-bond donors (Lipinski definition) is 1. The molecule has 6 rings (SSSR count). The molecule has 44 heavy (non-hydrogen) atoms. The average Bonchev–Trinajstić information content (AvgIpc) is 3.48. The molecule has 0 spiro atoms. The van der Waals surface area contributed by atoms with Crippen molar-refractivity contribution in [2.45, 2.75) is 58.8 Å². The molecule has 4 aromatic heterocycles. The minimum Gasteiger partial charge on any atom is -0.474 e. The first-order valence-electron chi connectivity index (χ1n) is 14.4. The highest BCUT2D eigenvalue weighted by Crippen LogP contribution is 2.27. The molecular formula is C31H34N8O4S. The summed E-state index contributed by atoms with van der Waals surface area (Å²) in [5.41, 5.74) is 1.36. The molecule has 1 aromatic carbocycles. The molecule has 1 N–H and O–H groups in total. The largest absolute Gasteiger partial charge is 0.474 e. The maximum absolute atomic E-state index is 13.4. The molecule has 0 radical (unpaired) electrons. The Hall–Kier alpha value is -4.78. The molecule has 0 unspecified atom stereocenters. The number of aromatic nitrogens is 6. The van der Waals surface area contributed by atoms with Crippen LogP contribution in [0.3, 0.4) is 0 Å². The van der Waals surface area contributed by atoms with Gasteiger partial charge in [0.1, 0.15) is 17.1 Å². The minimum absolute atomic E-state index is 0.119. The first kappa shape index (κ1) is 29.3. The number of hydrogen-bond acceptors (Lipinski definition) is 10. The van der Waals surface area contributed by atoms with E-state index in [0.29, 0.717) is 54.6 Å². The van der Waals surface area contributed by atoms with Gasteiger partial charge >= 0.3 is 6.09 Å². The van der Waals surface area contributed by atoms with Crippen LogP contribution in [-0.2, 0) is 11.3 Å². The zero-order valence-corrected chi connectivity index (χ0v) is 25.9. The molecule has 12 nitrogen and oxygen atoms in total. The number of benzene rings is 1. The number of anilines is 2. The van der Waals surface area contributed by atoms with E-state index in [4.69, 9.17) is 19.4 Å². The molecule has 0 bridgehead atoms. The maximum Gasteiger partial charge on any atom is 0.410 e. The molecule has 5 aromatic rings. The number of carbonyl (C=O) groups is 1. The summed E-state index contributed by atoms with van der Waals surface area (Å²) in [6, 6.07) is 11.3. The normalized spacial score (nSPS) is 14.2. The van der Waals surface area contributed by atoms with E-state index in [1.807, 2.05) is 52.0 Å². The summed E-state index contributed by atoms with van der Waals surface area (Å²) in [6.07, 6.45) is 4.03. The Balaban J connectivity index is 1.26. The Kier molecular flexibility index (Phi) is 7.80. The molecule has 0 saturated carbocycles. The topological polar surface area (TPSA) is 129 Å². The maximum atomic E-state index is 13.4. The molecule has 0 atom stereocenters. The molecule has 228 valence electrons. The molecule has 1 fully saturated rings. The fraction of sp³-hybridized carbons (Fsp3) is 0.355. The van der Waals surface area contributed by atoms with Crippen LogP contribution in [0.25, 0.3) is 27.1 Å². The second-order valence-corrected chi connectivity index (χ2v) is 12.8. The smallest absolute Gasteiger partial charge is 0.410 e. The van der Waals surface area contributed by atoms with Crippen LogP contribution in [0.1, 0.15) is 38.6 Å². The van der Waals surface area contributed by atoms with Gasteiger partial charge in [-0.15, -0.1) is 17.9 Å². The zero-order chi connectivity index (χ0) is 31.0. The van der Waals surface area contributed by atoms with E-state index in [-0.39, 0.29) is 24.3 Å². The Bertz CT molecular complexity index is 1910. The van der Waals surface area contributed by atoms with Crippen LogP contribution in [0.2, 0.25) is 0 Å². The van der Waals surface area contributed by atoms with E-state index >= 15 is 0 Å². The number of aryl methyl sites for hydroxylation is 1. The van der Waals surface area contributed by atoms with Gasteiger partial charge in [0.05, 0.1) is 21.8 Å². The lowest BCUT2D eigenvalue weighted by Crippen LogP contribution is -2.44. The Morgan fingerprint density at radius 3 is 2.70 bits per heavy atom. The van der Waals surface area contributed by atoms with Crippen LogP contribution in [0.5, 0.6) is 5.88 Å². The molecule has 1 aliphatic rings. The Labute approximate surface area is 258 Å². The molecule has 1 aliphatic heterocycles. The highest BCUT2D eigenvalue weighted by molar-refractivity contribution is 7.18. The first-order chi connectivity index (χ1) is 21.1. The van der Waals surface area contributed by atoms with Gasteiger partial charge in [-0.2, -0.15) is 9.97 Å². The predicted molar refractivity (Wildman–Crippen MR) is 170 cm³/mol. The number of carbonyl (C=O) groups excluding carboxylic acids is 1. The summed E-state index contributed by atoms with van der Waals surface area (Å²) < 4.78 is 16.0. The molecular weight excluding hydrogens is 580 g/mol. The van der Waals surface area contributed by atoms with E-state index in [1.54, 1.807) is 39.1 Å². The fourth-order valence-electron chi connectivity index (χ4n) is 5.10. The lowest BCUT2D eigenvalue weighted by molar-refractivity contribution is 0.0123. The SMILES string of the molecule is C=CCn1c(=O)c2cnc(Nc3ccc4nc(C)sc4c3)nc2n1-c1cccc(OC2CCN(C(=O)OC(C)(C)C)CC2)n1. The van der Waals surface area contributed by atoms with Gasteiger partial charge in [-0.1, -0.05) is 12.1 Å². The van der Waals surface area contributed by atoms with Crippen LogP contribution in [0, 0.1) is 6.92 Å². The van der Waals surface area contributed by atoms with Crippen molar-refractivity contribution < 1.29 is 14.3 Å². The number of amides is 1. The van der Waals surface area contributed by atoms with Crippen molar-refractivity contribution in [2.75, 3.05) is 18.4 Å². The van der Waals surface area contributed by atoms with Crippen molar-refractivity contribution in [3.05, 3.63) is 70.6 Å². The lowest BCUT2D eigenvalue weighted by Gasteiger charge is -2.33. The Morgan fingerprint density at radius 2 is 1.95 bits per heavy atom. The Morgan fingerprint density at radius 1 is 1.16 bits per heavy atom. The highest BCUT2D eigenvalue weighted by atomic mass is 32.1. The van der Waals surface area contributed by atoms with Gasteiger partial charge in [0, 0.05) is 43.9 Å². The second kappa shape index (κ2) is 11.7. The third-order valence-corrected chi connectivity index (χ3v) is 7.97. The third kappa shape index (κ3) is 6.13. The standard InChI is InChI=1S/C31H34N8O4S/c1-6-14-38-28(40)22-18-32-29(34-20-10-11-23-24(17-20)44-19(2)33-23)36-27(22)39(38)25-8-7-9-26(35-25)42-21-12-15-37(16-13-21)30(41)43-31(3,4)5/h6-11,17-18,21H,1,12-16H2,2-5H3,(H,32,34,36). The summed E-state index contributed by atoms with van der Waals surface area (Å²) in [4.78, 5) is 46.0. The summed E-state index contributed by atoms with van der Waals surface area (Å²) in [7, 11) is 0. The van der Waals surface area contributed by atoms with Crippen molar-refractivity contribution in [2.24, 2.45) is 0 Å². The van der Waals surface area contributed by atoms with Gasteiger partial charge in [-0.05, 0) is 52.0 Å². The summed E-state index contributed by atoms with van der Waals surface area (Å²) in [5.74, 6) is 1.22. The second-order valence-electron chi connectivity index (χ2n) is 11.6. The van der Waals surface area contributed by atoms with E-state index < -0.39 is 5.60 Å².